The van der Waals surface area contributed by atoms with Crippen LogP contribution in [0.5, 0.6) is 0 Å². The minimum atomic E-state index is -0.134. The summed E-state index contributed by atoms with van der Waals surface area (Å²) in [7, 11) is 0. The van der Waals surface area contributed by atoms with Gasteiger partial charge in [-0.2, -0.15) is 0 Å². The molecule has 1 atom stereocenters. The van der Waals surface area contributed by atoms with Crippen LogP contribution in [0.25, 0.3) is 0 Å². The standard InChI is InChI=1S/C17H19N3O2S/c1-12(21)13-5-4-6-14(11-13)19-17(22)20-9-3-2-7-15(20)16-18-8-10-23-16/h4-6,8,10-11,15H,2-3,7,9H2,1H3,(H,19,22). The number of rotatable bonds is 3. The van der Waals surface area contributed by atoms with Gasteiger partial charge in [-0.15, -0.1) is 11.3 Å². The van der Waals surface area contributed by atoms with Gasteiger partial charge in [0, 0.05) is 29.4 Å². The average molecular weight is 329 g/mol. The number of urea groups is 1. The van der Waals surface area contributed by atoms with Crippen molar-refractivity contribution < 1.29 is 9.59 Å². The zero-order valence-electron chi connectivity index (χ0n) is 13.0. The Hall–Kier alpha value is -2.21. The molecule has 2 amide bonds. The topological polar surface area (TPSA) is 62.3 Å². The molecule has 0 bridgehead atoms. The van der Waals surface area contributed by atoms with Gasteiger partial charge in [-0.1, -0.05) is 12.1 Å². The summed E-state index contributed by atoms with van der Waals surface area (Å²) in [6.45, 7) is 2.24. The third-order valence-corrected chi connectivity index (χ3v) is 4.90. The van der Waals surface area contributed by atoms with Crippen LogP contribution < -0.4 is 5.32 Å². The number of amides is 2. The van der Waals surface area contributed by atoms with Crippen molar-refractivity contribution in [3.63, 3.8) is 0 Å². The molecule has 0 aliphatic carbocycles. The molecule has 0 radical (unpaired) electrons. The number of anilines is 1. The number of ketones is 1. The minimum absolute atomic E-state index is 0.0141. The lowest BCUT2D eigenvalue weighted by molar-refractivity contribution is 0.101. The molecule has 2 heterocycles. The second-order valence-electron chi connectivity index (χ2n) is 5.64. The maximum atomic E-state index is 12.7. The molecule has 3 rings (SSSR count). The third-order valence-electron chi connectivity index (χ3n) is 4.02. The van der Waals surface area contributed by atoms with Crippen LogP contribution in [0.2, 0.25) is 0 Å². The van der Waals surface area contributed by atoms with Crippen molar-refractivity contribution in [2.75, 3.05) is 11.9 Å². The highest BCUT2D eigenvalue weighted by Gasteiger charge is 2.29. The van der Waals surface area contributed by atoms with Crippen LogP contribution in [0.4, 0.5) is 10.5 Å². The number of Topliss-reactive ketones (excluding diaryl/α,β-unsaturated/α-hetero) is 1. The summed E-state index contributed by atoms with van der Waals surface area (Å²) in [6, 6.07) is 6.94. The molecule has 1 aliphatic heterocycles. The summed E-state index contributed by atoms with van der Waals surface area (Å²) in [5, 5.41) is 5.83. The molecule has 1 aromatic carbocycles. The summed E-state index contributed by atoms with van der Waals surface area (Å²) >= 11 is 1.59. The van der Waals surface area contributed by atoms with Crippen LogP contribution in [-0.2, 0) is 0 Å². The van der Waals surface area contributed by atoms with Gasteiger partial charge in [0.15, 0.2) is 5.78 Å². The summed E-state index contributed by atoms with van der Waals surface area (Å²) < 4.78 is 0. The van der Waals surface area contributed by atoms with Crippen LogP contribution in [0, 0.1) is 0 Å². The average Bonchev–Trinajstić information content (AvgIpc) is 3.09. The number of nitrogens with zero attached hydrogens (tertiary/aromatic N) is 2. The molecule has 1 saturated heterocycles. The number of nitrogens with one attached hydrogen (secondary N) is 1. The van der Waals surface area contributed by atoms with Crippen molar-refractivity contribution in [1.82, 2.24) is 9.88 Å². The fourth-order valence-corrected chi connectivity index (χ4v) is 3.63. The zero-order valence-corrected chi connectivity index (χ0v) is 13.8. The minimum Gasteiger partial charge on any atom is -0.315 e. The third kappa shape index (κ3) is 3.59. The van der Waals surface area contributed by atoms with Gasteiger partial charge in [-0.25, -0.2) is 9.78 Å². The first-order chi connectivity index (χ1) is 11.1. The van der Waals surface area contributed by atoms with Crippen molar-refractivity contribution in [1.29, 1.82) is 0 Å². The molecule has 0 spiro atoms. The Bertz CT molecular complexity index is 700. The van der Waals surface area contributed by atoms with Crippen molar-refractivity contribution in [2.24, 2.45) is 0 Å². The van der Waals surface area contributed by atoms with Gasteiger partial charge in [0.05, 0.1) is 6.04 Å². The van der Waals surface area contributed by atoms with E-state index >= 15 is 0 Å². The SMILES string of the molecule is CC(=O)c1cccc(NC(=O)N2CCCCC2c2nccs2)c1. The molecule has 0 saturated carbocycles. The number of hydrogen-bond acceptors (Lipinski definition) is 4. The quantitative estimate of drug-likeness (QED) is 0.862. The maximum absolute atomic E-state index is 12.7. The molecule has 5 nitrogen and oxygen atoms in total. The van der Waals surface area contributed by atoms with Gasteiger partial charge >= 0.3 is 6.03 Å². The number of thiazole rings is 1. The van der Waals surface area contributed by atoms with Crippen LogP contribution in [0.15, 0.2) is 35.8 Å². The lowest BCUT2D eigenvalue weighted by atomic mass is 10.0. The van der Waals surface area contributed by atoms with Gasteiger partial charge in [0.1, 0.15) is 5.01 Å². The first kappa shape index (κ1) is 15.7. The van der Waals surface area contributed by atoms with E-state index in [-0.39, 0.29) is 17.9 Å². The van der Waals surface area contributed by atoms with E-state index in [0.29, 0.717) is 11.3 Å². The van der Waals surface area contributed by atoms with Gasteiger partial charge < -0.3 is 10.2 Å². The Morgan fingerprint density at radius 3 is 2.96 bits per heavy atom. The molecule has 6 heteroatoms. The van der Waals surface area contributed by atoms with Gasteiger partial charge in [-0.05, 0) is 38.3 Å². The summed E-state index contributed by atoms with van der Waals surface area (Å²) in [5.41, 5.74) is 1.24. The number of hydrogen-bond donors (Lipinski definition) is 1. The van der Waals surface area contributed by atoms with E-state index in [1.807, 2.05) is 10.3 Å². The second-order valence-corrected chi connectivity index (χ2v) is 6.57. The number of aromatic nitrogens is 1. The van der Waals surface area contributed by atoms with Crippen molar-refractivity contribution in [2.45, 2.75) is 32.2 Å². The van der Waals surface area contributed by atoms with Crippen molar-refractivity contribution >= 4 is 28.8 Å². The number of carbonyl (C=O) groups is 2. The molecule has 23 heavy (non-hydrogen) atoms. The van der Waals surface area contributed by atoms with E-state index < -0.39 is 0 Å². The largest absolute Gasteiger partial charge is 0.322 e. The summed E-state index contributed by atoms with van der Waals surface area (Å²) in [6.07, 6.45) is 4.83. The van der Waals surface area contributed by atoms with Crippen LogP contribution in [0.3, 0.4) is 0 Å². The predicted molar refractivity (Wildman–Crippen MR) is 90.9 cm³/mol. The monoisotopic (exact) mass is 329 g/mol. The molecular weight excluding hydrogens is 310 g/mol. The van der Waals surface area contributed by atoms with E-state index in [0.717, 1.165) is 30.8 Å². The van der Waals surface area contributed by atoms with E-state index in [1.165, 1.54) is 6.92 Å². The highest BCUT2D eigenvalue weighted by atomic mass is 32.1. The Kier molecular flexibility index (Phi) is 4.71. The Morgan fingerprint density at radius 2 is 2.22 bits per heavy atom. The van der Waals surface area contributed by atoms with Gasteiger partial charge in [0.25, 0.3) is 0 Å². The fourth-order valence-electron chi connectivity index (χ4n) is 2.84. The zero-order chi connectivity index (χ0) is 16.2. The number of benzene rings is 1. The Labute approximate surface area is 139 Å². The van der Waals surface area contributed by atoms with Crippen molar-refractivity contribution in [3.05, 3.63) is 46.4 Å². The van der Waals surface area contributed by atoms with Crippen LogP contribution >= 0.6 is 11.3 Å². The number of piperidine rings is 1. The molecule has 1 fully saturated rings. The molecule has 1 N–H and O–H groups in total. The first-order valence-corrected chi connectivity index (χ1v) is 8.61. The fraction of sp³-hybridized carbons (Fsp3) is 0.353. The summed E-state index contributed by atoms with van der Waals surface area (Å²) in [5.74, 6) is -0.0141. The molecule has 1 aliphatic rings. The van der Waals surface area contributed by atoms with E-state index in [9.17, 15) is 9.59 Å². The van der Waals surface area contributed by atoms with E-state index in [1.54, 1.807) is 41.8 Å². The van der Waals surface area contributed by atoms with Crippen molar-refractivity contribution in [3.8, 4) is 0 Å². The lowest BCUT2D eigenvalue weighted by Gasteiger charge is -2.34. The Morgan fingerprint density at radius 1 is 1.35 bits per heavy atom. The number of carbonyl (C=O) groups excluding carboxylic acids is 2. The molecular formula is C17H19N3O2S. The highest BCUT2D eigenvalue weighted by Crippen LogP contribution is 2.32. The second kappa shape index (κ2) is 6.91. The van der Waals surface area contributed by atoms with Gasteiger partial charge in [-0.3, -0.25) is 4.79 Å². The number of likely N-dealkylation sites (tertiary alicyclic amines) is 1. The molecule has 120 valence electrons. The maximum Gasteiger partial charge on any atom is 0.322 e. The smallest absolute Gasteiger partial charge is 0.315 e. The molecule has 1 aromatic heterocycles. The van der Waals surface area contributed by atoms with E-state index in [2.05, 4.69) is 10.3 Å². The molecule has 2 aromatic rings. The van der Waals surface area contributed by atoms with E-state index in [4.69, 9.17) is 0 Å². The Balaban J connectivity index is 1.76. The summed E-state index contributed by atoms with van der Waals surface area (Å²) in [4.78, 5) is 30.3. The first-order valence-electron chi connectivity index (χ1n) is 7.73. The molecule has 1 unspecified atom stereocenters. The highest BCUT2D eigenvalue weighted by molar-refractivity contribution is 7.09. The van der Waals surface area contributed by atoms with Crippen LogP contribution in [-0.4, -0.2) is 28.2 Å². The normalized spacial score (nSPS) is 17.8. The van der Waals surface area contributed by atoms with Gasteiger partial charge in [0.2, 0.25) is 0 Å². The van der Waals surface area contributed by atoms with Crippen LogP contribution in [0.1, 0.15) is 47.6 Å². The predicted octanol–water partition coefficient (Wildman–Crippen LogP) is 4.10. The lowest BCUT2D eigenvalue weighted by Crippen LogP contribution is -2.41.